The lowest BCUT2D eigenvalue weighted by molar-refractivity contribution is 0.0592. The second kappa shape index (κ2) is 4.69. The van der Waals surface area contributed by atoms with Gasteiger partial charge in [0.25, 0.3) is 0 Å². The summed E-state index contributed by atoms with van der Waals surface area (Å²) < 4.78 is 4.61. The smallest absolute Gasteiger partial charge is 0.358 e. The Hall–Kier alpha value is -2.30. The van der Waals surface area contributed by atoms with Gasteiger partial charge >= 0.3 is 5.97 Å². The minimum atomic E-state index is -0.484. The summed E-state index contributed by atoms with van der Waals surface area (Å²) in [4.78, 5) is 15.5. The molecule has 17 heavy (non-hydrogen) atoms. The molecule has 0 radical (unpaired) electrons. The second-order valence-electron chi connectivity index (χ2n) is 3.47. The average Bonchev–Trinajstić information content (AvgIpc) is 2.39. The lowest BCUT2D eigenvalue weighted by atomic mass is 10.2. The van der Waals surface area contributed by atoms with Crippen LogP contribution in [0.4, 0.5) is 0 Å². The Morgan fingerprint density at radius 1 is 1.24 bits per heavy atom. The Labute approximate surface area is 98.5 Å². The normalized spacial score (nSPS) is 10.0. The van der Waals surface area contributed by atoms with Crippen molar-refractivity contribution in [3.63, 3.8) is 0 Å². The zero-order valence-electron chi connectivity index (χ0n) is 9.54. The molecular weight excluding hydrogens is 218 g/mol. The maximum Gasteiger partial charge on any atom is 0.358 e. The van der Waals surface area contributed by atoms with Crippen molar-refractivity contribution >= 4 is 5.97 Å². The number of carbonyl (C=O) groups is 1. The van der Waals surface area contributed by atoms with Crippen molar-refractivity contribution < 1.29 is 9.53 Å². The van der Waals surface area contributed by atoms with Crippen molar-refractivity contribution in [1.29, 1.82) is 0 Å². The van der Waals surface area contributed by atoms with Gasteiger partial charge in [0.2, 0.25) is 0 Å². The SMILES string of the molecule is COC(=O)c1nnc(-c2ccccn2)cc1C. The number of hydrogen-bond donors (Lipinski definition) is 0. The van der Waals surface area contributed by atoms with Gasteiger partial charge in [-0.25, -0.2) is 4.79 Å². The van der Waals surface area contributed by atoms with E-state index in [0.29, 0.717) is 11.3 Å². The molecule has 0 atom stereocenters. The predicted molar refractivity (Wildman–Crippen MR) is 61.3 cm³/mol. The number of hydrogen-bond acceptors (Lipinski definition) is 5. The van der Waals surface area contributed by atoms with Crippen LogP contribution in [-0.2, 0) is 4.74 Å². The van der Waals surface area contributed by atoms with E-state index in [4.69, 9.17) is 0 Å². The molecule has 0 fully saturated rings. The number of aryl methyl sites for hydroxylation is 1. The van der Waals surface area contributed by atoms with Gasteiger partial charge in [-0.1, -0.05) is 6.07 Å². The highest BCUT2D eigenvalue weighted by Crippen LogP contribution is 2.15. The molecule has 0 aliphatic rings. The first-order chi connectivity index (χ1) is 8.22. The minimum Gasteiger partial charge on any atom is -0.464 e. The van der Waals surface area contributed by atoms with Crippen molar-refractivity contribution in [2.24, 2.45) is 0 Å². The third-order valence-corrected chi connectivity index (χ3v) is 2.29. The van der Waals surface area contributed by atoms with E-state index >= 15 is 0 Å². The van der Waals surface area contributed by atoms with Crippen LogP contribution in [0.15, 0.2) is 30.5 Å². The summed E-state index contributed by atoms with van der Waals surface area (Å²) in [5, 5.41) is 7.83. The van der Waals surface area contributed by atoms with E-state index in [9.17, 15) is 4.79 Å². The molecule has 2 heterocycles. The Bertz CT molecular complexity index is 541. The molecule has 0 saturated carbocycles. The quantitative estimate of drug-likeness (QED) is 0.732. The van der Waals surface area contributed by atoms with E-state index in [2.05, 4.69) is 19.9 Å². The fourth-order valence-electron chi connectivity index (χ4n) is 1.42. The monoisotopic (exact) mass is 229 g/mol. The first-order valence-electron chi connectivity index (χ1n) is 5.06. The molecule has 0 saturated heterocycles. The van der Waals surface area contributed by atoms with Gasteiger partial charge in [-0.3, -0.25) is 4.98 Å². The number of aromatic nitrogens is 3. The predicted octanol–water partition coefficient (Wildman–Crippen LogP) is 1.63. The summed E-state index contributed by atoms with van der Waals surface area (Å²) in [5.41, 5.74) is 2.30. The van der Waals surface area contributed by atoms with Crippen LogP contribution in [0.1, 0.15) is 16.1 Å². The zero-order chi connectivity index (χ0) is 12.3. The van der Waals surface area contributed by atoms with Gasteiger partial charge in [0.1, 0.15) is 5.69 Å². The number of nitrogens with zero attached hydrogens (tertiary/aromatic N) is 3. The van der Waals surface area contributed by atoms with Gasteiger partial charge in [-0.15, -0.1) is 10.2 Å². The summed E-state index contributed by atoms with van der Waals surface area (Å²) in [5.74, 6) is -0.484. The van der Waals surface area contributed by atoms with Crippen LogP contribution in [-0.4, -0.2) is 28.3 Å². The third-order valence-electron chi connectivity index (χ3n) is 2.29. The lowest BCUT2D eigenvalue weighted by Crippen LogP contribution is -2.08. The van der Waals surface area contributed by atoms with Gasteiger partial charge in [0.05, 0.1) is 12.8 Å². The molecule has 2 aromatic heterocycles. The van der Waals surface area contributed by atoms with E-state index in [-0.39, 0.29) is 5.69 Å². The second-order valence-corrected chi connectivity index (χ2v) is 3.47. The van der Waals surface area contributed by atoms with E-state index < -0.39 is 5.97 Å². The van der Waals surface area contributed by atoms with E-state index in [1.807, 2.05) is 18.2 Å². The lowest BCUT2D eigenvalue weighted by Gasteiger charge is -2.04. The van der Waals surface area contributed by atoms with Gasteiger partial charge in [0, 0.05) is 6.20 Å². The summed E-state index contributed by atoms with van der Waals surface area (Å²) in [6, 6.07) is 7.29. The molecule has 0 spiro atoms. The highest BCUT2D eigenvalue weighted by Gasteiger charge is 2.13. The average molecular weight is 229 g/mol. The molecule has 86 valence electrons. The molecule has 0 aromatic carbocycles. The Morgan fingerprint density at radius 3 is 2.65 bits per heavy atom. The highest BCUT2D eigenvalue weighted by molar-refractivity contribution is 5.88. The molecular formula is C12H11N3O2. The minimum absolute atomic E-state index is 0.229. The van der Waals surface area contributed by atoms with Crippen molar-refractivity contribution in [3.05, 3.63) is 41.7 Å². The fraction of sp³-hybridized carbons (Fsp3) is 0.167. The number of carbonyl (C=O) groups excluding carboxylic acids is 1. The molecule has 0 unspecified atom stereocenters. The van der Waals surface area contributed by atoms with E-state index in [1.165, 1.54) is 7.11 Å². The molecule has 0 N–H and O–H groups in total. The molecule has 0 amide bonds. The summed E-state index contributed by atoms with van der Waals surface area (Å²) in [6.07, 6.45) is 1.68. The largest absolute Gasteiger partial charge is 0.464 e. The Kier molecular flexibility index (Phi) is 3.09. The van der Waals surface area contributed by atoms with Crippen LogP contribution in [0.3, 0.4) is 0 Å². The fourth-order valence-corrected chi connectivity index (χ4v) is 1.42. The molecule has 5 heteroatoms. The first kappa shape index (κ1) is 11.2. The number of ether oxygens (including phenoxy) is 1. The molecule has 2 aromatic rings. The van der Waals surface area contributed by atoms with Gasteiger partial charge in [0.15, 0.2) is 5.69 Å². The van der Waals surface area contributed by atoms with Crippen LogP contribution in [0, 0.1) is 6.92 Å². The van der Waals surface area contributed by atoms with Crippen LogP contribution in [0.5, 0.6) is 0 Å². The van der Waals surface area contributed by atoms with Crippen LogP contribution in [0.2, 0.25) is 0 Å². The van der Waals surface area contributed by atoms with Crippen molar-refractivity contribution in [2.75, 3.05) is 7.11 Å². The Morgan fingerprint density at radius 2 is 2.06 bits per heavy atom. The van der Waals surface area contributed by atoms with Gasteiger partial charge in [-0.2, -0.15) is 0 Å². The van der Waals surface area contributed by atoms with Gasteiger partial charge in [-0.05, 0) is 30.7 Å². The standard InChI is InChI=1S/C12H11N3O2/c1-8-7-10(9-5-3-4-6-13-9)14-15-11(8)12(16)17-2/h3-7H,1-2H3. The first-order valence-corrected chi connectivity index (χ1v) is 5.06. The number of pyridine rings is 1. The Balaban J connectivity index is 2.41. The molecule has 2 rings (SSSR count). The molecule has 0 aliphatic carbocycles. The number of rotatable bonds is 2. The maximum absolute atomic E-state index is 11.3. The van der Waals surface area contributed by atoms with Crippen molar-refractivity contribution in [2.45, 2.75) is 6.92 Å². The van der Waals surface area contributed by atoms with Crippen molar-refractivity contribution in [3.8, 4) is 11.4 Å². The number of methoxy groups -OCH3 is 1. The van der Waals surface area contributed by atoms with Crippen LogP contribution in [0.25, 0.3) is 11.4 Å². The van der Waals surface area contributed by atoms with Crippen LogP contribution < -0.4 is 0 Å². The molecule has 0 bridgehead atoms. The molecule has 5 nitrogen and oxygen atoms in total. The van der Waals surface area contributed by atoms with Gasteiger partial charge < -0.3 is 4.74 Å². The maximum atomic E-state index is 11.3. The summed E-state index contributed by atoms with van der Waals surface area (Å²) >= 11 is 0. The zero-order valence-corrected chi connectivity index (χ0v) is 9.54. The van der Waals surface area contributed by atoms with E-state index in [1.54, 1.807) is 19.2 Å². The van der Waals surface area contributed by atoms with Crippen molar-refractivity contribution in [1.82, 2.24) is 15.2 Å². The summed E-state index contributed by atoms with van der Waals surface area (Å²) in [6.45, 7) is 1.79. The van der Waals surface area contributed by atoms with E-state index in [0.717, 1.165) is 5.69 Å². The van der Waals surface area contributed by atoms with Crippen LogP contribution >= 0.6 is 0 Å². The third kappa shape index (κ3) is 2.28. The highest BCUT2D eigenvalue weighted by atomic mass is 16.5. The molecule has 0 aliphatic heterocycles. The summed E-state index contributed by atoms with van der Waals surface area (Å²) in [7, 11) is 1.32. The topological polar surface area (TPSA) is 65.0 Å². The number of esters is 1.